The number of nitrogens with two attached hydrogens (primary N) is 1. The molecule has 0 fully saturated rings. The number of anilines is 1. The summed E-state index contributed by atoms with van der Waals surface area (Å²) in [6.45, 7) is 0. The molecule has 0 aliphatic rings. The zero-order valence-corrected chi connectivity index (χ0v) is 11.9. The van der Waals surface area contributed by atoms with Crippen LogP contribution in [0.4, 0.5) is 11.4 Å². The Morgan fingerprint density at radius 3 is 2.10 bits per heavy atom. The Hall–Kier alpha value is -2.59. The van der Waals surface area contributed by atoms with E-state index in [1.807, 2.05) is 54.6 Å². The van der Waals surface area contributed by atoms with Crippen molar-refractivity contribution in [3.63, 3.8) is 0 Å². The summed E-state index contributed by atoms with van der Waals surface area (Å²) in [6, 6.07) is 14.0. The summed E-state index contributed by atoms with van der Waals surface area (Å²) in [5.41, 5.74) is 8.29. The van der Waals surface area contributed by atoms with E-state index in [4.69, 9.17) is 5.73 Å². The predicted octanol–water partition coefficient (Wildman–Crippen LogP) is 0.908. The quantitative estimate of drug-likeness (QED) is 0.395. The number of nitrogen functional groups attached to an aromatic ring is 1. The van der Waals surface area contributed by atoms with Gasteiger partial charge in [-0.15, -0.1) is 0 Å². The molecule has 0 spiro atoms. The molecule has 0 unspecified atom stereocenters. The van der Waals surface area contributed by atoms with Gasteiger partial charge in [-0.2, -0.15) is 0 Å². The first-order chi connectivity index (χ1) is 9.65. The molecule has 0 saturated heterocycles. The largest absolute Gasteiger partial charge is 1.00 e. The van der Waals surface area contributed by atoms with Crippen LogP contribution in [-0.4, -0.2) is 4.92 Å². The fraction of sp³-hybridized carbons (Fsp3) is 0. The van der Waals surface area contributed by atoms with Gasteiger partial charge in [0.15, 0.2) is 0 Å². The maximum atomic E-state index is 10.7. The van der Waals surface area contributed by atoms with E-state index >= 15 is 0 Å². The lowest BCUT2D eigenvalue weighted by Crippen LogP contribution is -3.00. The zero-order chi connectivity index (χ0) is 14.4. The minimum absolute atomic E-state index is 0. The SMILES string of the molecule is Nc1cccc(/C=C/C=C\c2cccc([N+](=O)[O-])c2)c1.[Cl-]. The molecule has 0 radical (unpaired) electrons. The smallest absolute Gasteiger partial charge is 0.270 e. The number of nitro groups is 1. The number of hydrogen-bond acceptors (Lipinski definition) is 3. The first-order valence-electron chi connectivity index (χ1n) is 6.10. The number of nitro benzene ring substituents is 1. The third-order valence-electron chi connectivity index (χ3n) is 2.68. The van der Waals surface area contributed by atoms with Gasteiger partial charge in [0.05, 0.1) is 4.92 Å². The second-order valence-electron chi connectivity index (χ2n) is 4.24. The van der Waals surface area contributed by atoms with Crippen molar-refractivity contribution in [3.05, 3.63) is 81.9 Å². The molecule has 2 aromatic rings. The number of halogens is 1. The molecule has 21 heavy (non-hydrogen) atoms. The molecule has 0 aromatic heterocycles. The van der Waals surface area contributed by atoms with Crippen LogP contribution in [-0.2, 0) is 0 Å². The van der Waals surface area contributed by atoms with E-state index in [1.54, 1.807) is 6.07 Å². The van der Waals surface area contributed by atoms with Crippen molar-refractivity contribution < 1.29 is 17.3 Å². The molecule has 0 aliphatic heterocycles. The number of rotatable bonds is 4. The molecule has 0 bridgehead atoms. The van der Waals surface area contributed by atoms with Crippen LogP contribution in [0.5, 0.6) is 0 Å². The van der Waals surface area contributed by atoms with E-state index in [0.717, 1.165) is 16.8 Å². The molecule has 2 aromatic carbocycles. The third-order valence-corrected chi connectivity index (χ3v) is 2.68. The summed E-state index contributed by atoms with van der Waals surface area (Å²) in [4.78, 5) is 10.3. The van der Waals surface area contributed by atoms with Crippen molar-refractivity contribution in [2.45, 2.75) is 0 Å². The summed E-state index contributed by atoms with van der Waals surface area (Å²) in [5.74, 6) is 0. The highest BCUT2D eigenvalue weighted by molar-refractivity contribution is 5.60. The van der Waals surface area contributed by atoms with Gasteiger partial charge in [-0.25, -0.2) is 0 Å². The Balaban J connectivity index is 0.00000220. The first kappa shape index (κ1) is 16.5. The summed E-state index contributed by atoms with van der Waals surface area (Å²) in [5, 5.41) is 10.7. The lowest BCUT2D eigenvalue weighted by atomic mass is 10.1. The van der Waals surface area contributed by atoms with Crippen molar-refractivity contribution in [1.29, 1.82) is 0 Å². The van der Waals surface area contributed by atoms with E-state index in [2.05, 4.69) is 0 Å². The minimum Gasteiger partial charge on any atom is -1.00 e. The molecule has 0 heterocycles. The molecular weight excluding hydrogens is 288 g/mol. The van der Waals surface area contributed by atoms with Crippen molar-refractivity contribution in [3.8, 4) is 0 Å². The number of non-ortho nitro benzene ring substituents is 1. The normalized spacial score (nSPS) is 10.7. The molecular formula is C16H14ClN2O2-. The van der Waals surface area contributed by atoms with Crippen LogP contribution in [0.25, 0.3) is 12.2 Å². The van der Waals surface area contributed by atoms with Crippen molar-refractivity contribution in [1.82, 2.24) is 0 Å². The van der Waals surface area contributed by atoms with Crippen LogP contribution >= 0.6 is 0 Å². The molecule has 0 amide bonds. The van der Waals surface area contributed by atoms with Gasteiger partial charge in [0.1, 0.15) is 0 Å². The van der Waals surface area contributed by atoms with Gasteiger partial charge >= 0.3 is 0 Å². The van der Waals surface area contributed by atoms with Crippen molar-refractivity contribution in [2.24, 2.45) is 0 Å². The summed E-state index contributed by atoms with van der Waals surface area (Å²) < 4.78 is 0. The van der Waals surface area contributed by atoms with E-state index in [0.29, 0.717) is 0 Å². The van der Waals surface area contributed by atoms with Gasteiger partial charge in [-0.3, -0.25) is 10.1 Å². The lowest BCUT2D eigenvalue weighted by molar-refractivity contribution is -0.384. The Bertz CT molecular complexity index is 681. The van der Waals surface area contributed by atoms with Crippen LogP contribution in [0.1, 0.15) is 11.1 Å². The van der Waals surface area contributed by atoms with Gasteiger partial charge in [-0.1, -0.05) is 48.6 Å². The molecule has 108 valence electrons. The van der Waals surface area contributed by atoms with Gasteiger partial charge in [0, 0.05) is 17.8 Å². The molecule has 4 nitrogen and oxygen atoms in total. The van der Waals surface area contributed by atoms with Gasteiger partial charge in [0.25, 0.3) is 5.69 Å². The molecule has 5 heteroatoms. The van der Waals surface area contributed by atoms with Crippen LogP contribution in [0.2, 0.25) is 0 Å². The zero-order valence-electron chi connectivity index (χ0n) is 11.1. The fourth-order valence-electron chi connectivity index (χ4n) is 1.74. The topological polar surface area (TPSA) is 69.2 Å². The number of allylic oxidation sites excluding steroid dienone is 2. The molecule has 0 atom stereocenters. The second kappa shape index (κ2) is 7.87. The number of hydrogen-bond donors (Lipinski definition) is 1. The van der Waals surface area contributed by atoms with Crippen LogP contribution in [0, 0.1) is 10.1 Å². The van der Waals surface area contributed by atoms with Gasteiger partial charge in [0.2, 0.25) is 0 Å². The molecule has 2 N–H and O–H groups in total. The van der Waals surface area contributed by atoms with Crippen LogP contribution in [0.15, 0.2) is 60.7 Å². The summed E-state index contributed by atoms with van der Waals surface area (Å²) in [7, 11) is 0. The highest BCUT2D eigenvalue weighted by Gasteiger charge is 2.02. The Morgan fingerprint density at radius 1 is 0.952 bits per heavy atom. The standard InChI is InChI=1S/C16H14N2O2.ClH/c17-15-9-3-7-13(11-15)5-1-2-6-14-8-4-10-16(12-14)18(19)20;/h1-12H,17H2;1H/p-1/b5-1+,6-2-;. The third kappa shape index (κ3) is 5.12. The Morgan fingerprint density at radius 2 is 1.52 bits per heavy atom. The average Bonchev–Trinajstić information content (AvgIpc) is 2.44. The van der Waals surface area contributed by atoms with E-state index in [9.17, 15) is 10.1 Å². The predicted molar refractivity (Wildman–Crippen MR) is 82.0 cm³/mol. The van der Waals surface area contributed by atoms with Gasteiger partial charge < -0.3 is 18.1 Å². The Labute approximate surface area is 129 Å². The lowest BCUT2D eigenvalue weighted by Gasteiger charge is -1.95. The first-order valence-corrected chi connectivity index (χ1v) is 6.10. The highest BCUT2D eigenvalue weighted by atomic mass is 35.5. The average molecular weight is 302 g/mol. The maximum Gasteiger partial charge on any atom is 0.270 e. The number of nitrogens with zero attached hydrogens (tertiary/aromatic N) is 1. The van der Waals surface area contributed by atoms with Crippen molar-refractivity contribution in [2.75, 3.05) is 5.73 Å². The molecule has 0 aliphatic carbocycles. The Kier molecular flexibility index (Phi) is 6.17. The van der Waals surface area contributed by atoms with Gasteiger partial charge in [-0.05, 0) is 23.3 Å². The monoisotopic (exact) mass is 301 g/mol. The highest BCUT2D eigenvalue weighted by Crippen LogP contribution is 2.14. The van der Waals surface area contributed by atoms with E-state index < -0.39 is 4.92 Å². The second-order valence-corrected chi connectivity index (χ2v) is 4.24. The molecule has 2 rings (SSSR count). The summed E-state index contributed by atoms with van der Waals surface area (Å²) in [6.07, 6.45) is 7.44. The fourth-order valence-corrected chi connectivity index (χ4v) is 1.74. The van der Waals surface area contributed by atoms with Crippen molar-refractivity contribution >= 4 is 23.5 Å². The van der Waals surface area contributed by atoms with E-state index in [-0.39, 0.29) is 18.1 Å². The minimum atomic E-state index is -0.403. The summed E-state index contributed by atoms with van der Waals surface area (Å²) >= 11 is 0. The van der Waals surface area contributed by atoms with Crippen LogP contribution < -0.4 is 18.1 Å². The number of benzene rings is 2. The molecule has 0 saturated carbocycles. The maximum absolute atomic E-state index is 10.7. The van der Waals surface area contributed by atoms with Crippen LogP contribution in [0.3, 0.4) is 0 Å². The van der Waals surface area contributed by atoms with E-state index in [1.165, 1.54) is 12.1 Å².